The Bertz CT molecular complexity index is 574. The highest BCUT2D eigenvalue weighted by molar-refractivity contribution is 5.01. The number of aliphatic hydroxyl groups is 1. The number of rotatable bonds is 6. The summed E-state index contributed by atoms with van der Waals surface area (Å²) in [6, 6.07) is 0.569. The van der Waals surface area contributed by atoms with Gasteiger partial charge in [-0.2, -0.15) is 4.98 Å². The van der Waals surface area contributed by atoms with E-state index >= 15 is 0 Å². The van der Waals surface area contributed by atoms with Crippen molar-refractivity contribution in [1.29, 1.82) is 0 Å². The number of likely N-dealkylation sites (tertiary alicyclic amines) is 1. The zero-order valence-electron chi connectivity index (χ0n) is 15.7. The molecule has 140 valence electrons. The summed E-state index contributed by atoms with van der Waals surface area (Å²) < 4.78 is 5.29. The molecule has 1 aromatic heterocycles. The van der Waals surface area contributed by atoms with Gasteiger partial charge >= 0.3 is 0 Å². The van der Waals surface area contributed by atoms with Crippen molar-refractivity contribution in [3.8, 4) is 0 Å². The Labute approximate surface area is 150 Å². The summed E-state index contributed by atoms with van der Waals surface area (Å²) in [7, 11) is 0. The van der Waals surface area contributed by atoms with Crippen LogP contribution in [0.2, 0.25) is 0 Å². The van der Waals surface area contributed by atoms with Gasteiger partial charge in [-0.25, -0.2) is 0 Å². The Morgan fingerprint density at radius 2 is 2.08 bits per heavy atom. The van der Waals surface area contributed by atoms with Crippen molar-refractivity contribution < 1.29 is 9.63 Å². The molecule has 6 heteroatoms. The number of nitrogens with zero attached hydrogens (tertiary/aromatic N) is 3. The van der Waals surface area contributed by atoms with Gasteiger partial charge in [0.05, 0.1) is 6.10 Å². The highest BCUT2D eigenvalue weighted by Gasteiger charge is 2.36. The van der Waals surface area contributed by atoms with Crippen molar-refractivity contribution in [2.75, 3.05) is 26.2 Å². The quantitative estimate of drug-likeness (QED) is 0.768. The first-order chi connectivity index (χ1) is 12.0. The molecule has 3 atom stereocenters. The average Bonchev–Trinajstić information content (AvgIpc) is 3.18. The fourth-order valence-corrected chi connectivity index (χ4v) is 3.95. The Kier molecular flexibility index (Phi) is 6.25. The van der Waals surface area contributed by atoms with Gasteiger partial charge in [-0.15, -0.1) is 0 Å². The second kappa shape index (κ2) is 8.43. The maximum Gasteiger partial charge on any atom is 0.229 e. The third kappa shape index (κ3) is 5.12. The number of hydrogen-bond donors (Lipinski definition) is 2. The van der Waals surface area contributed by atoms with Crippen molar-refractivity contribution in [2.24, 2.45) is 5.92 Å². The summed E-state index contributed by atoms with van der Waals surface area (Å²) in [6.07, 6.45) is 6.06. The van der Waals surface area contributed by atoms with Crippen LogP contribution in [0.4, 0.5) is 0 Å². The predicted octanol–water partition coefficient (Wildman–Crippen LogP) is 2.25. The molecule has 0 spiro atoms. The van der Waals surface area contributed by atoms with E-state index in [1.165, 1.54) is 18.4 Å². The Morgan fingerprint density at radius 1 is 1.32 bits per heavy atom. The molecular formula is C19H32N4O2. The summed E-state index contributed by atoms with van der Waals surface area (Å²) in [5.41, 5.74) is 1.39. The molecule has 0 amide bonds. The highest BCUT2D eigenvalue weighted by Crippen LogP contribution is 2.37. The first-order valence-electron chi connectivity index (χ1n) is 9.58. The van der Waals surface area contributed by atoms with Crippen LogP contribution >= 0.6 is 0 Å². The van der Waals surface area contributed by atoms with Crippen molar-refractivity contribution >= 4 is 0 Å². The van der Waals surface area contributed by atoms with Crippen LogP contribution in [-0.4, -0.2) is 58.5 Å². The molecule has 1 aliphatic carbocycles. The van der Waals surface area contributed by atoms with Crippen LogP contribution in [0.5, 0.6) is 0 Å². The fourth-order valence-electron chi connectivity index (χ4n) is 3.95. The molecule has 0 aromatic carbocycles. The van der Waals surface area contributed by atoms with Crippen molar-refractivity contribution in [3.05, 3.63) is 23.4 Å². The second-order valence-corrected chi connectivity index (χ2v) is 7.94. The molecule has 0 radical (unpaired) electrons. The van der Waals surface area contributed by atoms with Crippen LogP contribution in [0.3, 0.4) is 0 Å². The van der Waals surface area contributed by atoms with E-state index in [4.69, 9.17) is 4.52 Å². The maximum absolute atomic E-state index is 10.4. The maximum atomic E-state index is 10.4. The molecule has 2 fully saturated rings. The smallest absolute Gasteiger partial charge is 0.229 e. The van der Waals surface area contributed by atoms with Gasteiger partial charge in [0.25, 0.3) is 0 Å². The minimum Gasteiger partial charge on any atom is -0.393 e. The number of aromatic nitrogens is 2. The lowest BCUT2D eigenvalue weighted by atomic mass is 10.0. The molecule has 2 heterocycles. The molecule has 0 bridgehead atoms. The lowest BCUT2D eigenvalue weighted by Crippen LogP contribution is -2.44. The van der Waals surface area contributed by atoms with Gasteiger partial charge < -0.3 is 14.9 Å². The summed E-state index contributed by atoms with van der Waals surface area (Å²) in [6.45, 7) is 10.4. The second-order valence-electron chi connectivity index (χ2n) is 7.94. The van der Waals surface area contributed by atoms with E-state index in [1.54, 1.807) is 0 Å². The number of aryl methyl sites for hydroxylation is 1. The third-order valence-corrected chi connectivity index (χ3v) is 5.56. The van der Waals surface area contributed by atoms with Gasteiger partial charge in [0, 0.05) is 25.0 Å². The first-order valence-corrected chi connectivity index (χ1v) is 9.58. The van der Waals surface area contributed by atoms with Gasteiger partial charge in [-0.05, 0) is 65.5 Å². The van der Waals surface area contributed by atoms with E-state index in [0.29, 0.717) is 17.8 Å². The SMILES string of the molecule is CC(C)=CCN1CCC(NC[C@H]2C[C@H](c3nc(C)no3)C[C@H]2O)CC1. The number of nitrogens with one attached hydrogen (secondary N) is 1. The molecular weight excluding hydrogens is 316 g/mol. The van der Waals surface area contributed by atoms with Crippen LogP contribution in [0.1, 0.15) is 57.2 Å². The molecule has 1 saturated heterocycles. The Hall–Kier alpha value is -1.24. The predicted molar refractivity (Wildman–Crippen MR) is 97.4 cm³/mol. The molecule has 1 saturated carbocycles. The number of hydrogen-bond acceptors (Lipinski definition) is 6. The summed E-state index contributed by atoms with van der Waals surface area (Å²) in [5.74, 6) is 1.84. The normalized spacial score (nSPS) is 28.4. The molecule has 2 aliphatic rings. The van der Waals surface area contributed by atoms with Crippen molar-refractivity contribution in [1.82, 2.24) is 20.4 Å². The molecule has 6 nitrogen and oxygen atoms in total. The van der Waals surface area contributed by atoms with E-state index < -0.39 is 0 Å². The number of allylic oxidation sites excluding steroid dienone is 1. The highest BCUT2D eigenvalue weighted by atomic mass is 16.5. The van der Waals surface area contributed by atoms with Gasteiger partial charge in [0.2, 0.25) is 5.89 Å². The van der Waals surface area contributed by atoms with Gasteiger partial charge in [-0.1, -0.05) is 16.8 Å². The van der Waals surface area contributed by atoms with Crippen LogP contribution in [0.15, 0.2) is 16.2 Å². The lowest BCUT2D eigenvalue weighted by Gasteiger charge is -2.32. The lowest BCUT2D eigenvalue weighted by molar-refractivity contribution is 0.125. The van der Waals surface area contributed by atoms with Gasteiger partial charge in [0.15, 0.2) is 5.82 Å². The molecule has 25 heavy (non-hydrogen) atoms. The van der Waals surface area contributed by atoms with E-state index in [0.717, 1.165) is 39.0 Å². The first kappa shape index (κ1) is 18.5. The zero-order valence-corrected chi connectivity index (χ0v) is 15.7. The fraction of sp³-hybridized carbons (Fsp3) is 0.789. The van der Waals surface area contributed by atoms with Crippen LogP contribution in [-0.2, 0) is 0 Å². The van der Waals surface area contributed by atoms with E-state index in [-0.39, 0.29) is 17.9 Å². The van der Waals surface area contributed by atoms with Crippen LogP contribution < -0.4 is 5.32 Å². The van der Waals surface area contributed by atoms with E-state index in [1.807, 2.05) is 6.92 Å². The zero-order chi connectivity index (χ0) is 17.8. The molecule has 1 aromatic rings. The Balaban J connectivity index is 1.40. The minimum atomic E-state index is -0.275. The van der Waals surface area contributed by atoms with E-state index in [9.17, 15) is 5.11 Å². The van der Waals surface area contributed by atoms with Crippen LogP contribution in [0, 0.1) is 12.8 Å². The minimum absolute atomic E-state index is 0.203. The largest absolute Gasteiger partial charge is 0.393 e. The topological polar surface area (TPSA) is 74.4 Å². The standard InChI is InChI=1S/C19H32N4O2/c1-13(2)4-7-23-8-5-17(6-9-23)20-12-16-10-15(11-18(16)24)19-21-14(3)22-25-19/h4,15-18,20,24H,5-12H2,1-3H3/t15-,16+,18+/m0/s1. The van der Waals surface area contributed by atoms with E-state index in [2.05, 4.69) is 40.3 Å². The molecule has 0 unspecified atom stereocenters. The number of piperidine rings is 1. The van der Waals surface area contributed by atoms with Crippen molar-refractivity contribution in [3.63, 3.8) is 0 Å². The number of aliphatic hydroxyl groups excluding tert-OH is 1. The summed E-state index contributed by atoms with van der Waals surface area (Å²) >= 11 is 0. The molecule has 2 N–H and O–H groups in total. The molecule has 1 aliphatic heterocycles. The monoisotopic (exact) mass is 348 g/mol. The summed E-state index contributed by atoms with van der Waals surface area (Å²) in [4.78, 5) is 6.85. The van der Waals surface area contributed by atoms with Gasteiger partial charge in [-0.3, -0.25) is 4.90 Å². The summed E-state index contributed by atoms with van der Waals surface area (Å²) in [5, 5.41) is 17.9. The molecule has 3 rings (SSSR count). The Morgan fingerprint density at radius 3 is 2.72 bits per heavy atom. The van der Waals surface area contributed by atoms with Crippen LogP contribution in [0.25, 0.3) is 0 Å². The average molecular weight is 348 g/mol. The third-order valence-electron chi connectivity index (χ3n) is 5.56. The van der Waals surface area contributed by atoms with Gasteiger partial charge in [0.1, 0.15) is 0 Å². The van der Waals surface area contributed by atoms with Crippen molar-refractivity contribution in [2.45, 2.75) is 64.5 Å².